The number of nitrogens with one attached hydrogen (secondary N) is 1. The van der Waals surface area contributed by atoms with Crippen LogP contribution >= 0.6 is 0 Å². The van der Waals surface area contributed by atoms with E-state index in [1.807, 2.05) is 95.9 Å². The number of amides is 1. The van der Waals surface area contributed by atoms with E-state index in [4.69, 9.17) is 0 Å². The van der Waals surface area contributed by atoms with E-state index in [-0.39, 0.29) is 12.5 Å². The van der Waals surface area contributed by atoms with E-state index in [0.29, 0.717) is 0 Å². The molecule has 0 saturated carbocycles. The van der Waals surface area contributed by atoms with Gasteiger partial charge < -0.3 is 10.2 Å². The van der Waals surface area contributed by atoms with E-state index < -0.39 is 0 Å². The number of anilines is 3. The van der Waals surface area contributed by atoms with Crippen molar-refractivity contribution in [2.75, 3.05) is 16.8 Å². The summed E-state index contributed by atoms with van der Waals surface area (Å²) in [6, 6.07) is 29.3. The first-order chi connectivity index (χ1) is 11.3. The van der Waals surface area contributed by atoms with E-state index in [1.165, 1.54) is 0 Å². The fourth-order valence-electron chi connectivity index (χ4n) is 2.41. The predicted molar refractivity (Wildman–Crippen MR) is 95.0 cm³/mol. The highest BCUT2D eigenvalue weighted by Crippen LogP contribution is 2.24. The first-order valence-electron chi connectivity index (χ1n) is 7.55. The molecule has 0 fully saturated rings. The Kier molecular flexibility index (Phi) is 4.69. The van der Waals surface area contributed by atoms with Gasteiger partial charge in [0.15, 0.2) is 0 Å². The lowest BCUT2D eigenvalue weighted by molar-refractivity contribution is -0.114. The second-order valence-electron chi connectivity index (χ2n) is 5.17. The average Bonchev–Trinajstić information content (AvgIpc) is 2.62. The number of carbonyl (C=O) groups is 1. The van der Waals surface area contributed by atoms with Gasteiger partial charge >= 0.3 is 0 Å². The Hall–Kier alpha value is -3.07. The van der Waals surface area contributed by atoms with Crippen molar-refractivity contribution in [1.82, 2.24) is 0 Å². The largest absolute Gasteiger partial charge is 0.332 e. The molecule has 3 heteroatoms. The normalized spacial score (nSPS) is 10.1. The van der Waals surface area contributed by atoms with Crippen LogP contribution in [0, 0.1) is 0 Å². The van der Waals surface area contributed by atoms with Crippen LogP contribution < -0.4 is 10.2 Å². The maximum Gasteiger partial charge on any atom is 0.244 e. The SMILES string of the molecule is O=C(CN(c1ccccc1)c1ccccc1)Nc1ccccc1. The molecule has 0 aliphatic rings. The van der Waals surface area contributed by atoms with Crippen LogP contribution in [0.25, 0.3) is 0 Å². The van der Waals surface area contributed by atoms with Crippen molar-refractivity contribution in [2.45, 2.75) is 0 Å². The van der Waals surface area contributed by atoms with Crippen molar-refractivity contribution in [1.29, 1.82) is 0 Å². The Morgan fingerprint density at radius 1 is 0.696 bits per heavy atom. The van der Waals surface area contributed by atoms with Crippen molar-refractivity contribution >= 4 is 23.0 Å². The zero-order valence-electron chi connectivity index (χ0n) is 12.7. The van der Waals surface area contributed by atoms with Crippen molar-refractivity contribution in [3.63, 3.8) is 0 Å². The lowest BCUT2D eigenvalue weighted by atomic mass is 10.2. The average molecular weight is 302 g/mol. The molecular weight excluding hydrogens is 284 g/mol. The molecule has 0 aliphatic heterocycles. The van der Waals surface area contributed by atoms with Crippen LogP contribution in [-0.2, 0) is 4.79 Å². The molecule has 0 heterocycles. The van der Waals surface area contributed by atoms with Gasteiger partial charge in [0, 0.05) is 17.1 Å². The Morgan fingerprint density at radius 3 is 1.61 bits per heavy atom. The maximum absolute atomic E-state index is 12.4. The quantitative estimate of drug-likeness (QED) is 0.754. The summed E-state index contributed by atoms with van der Waals surface area (Å²) >= 11 is 0. The minimum absolute atomic E-state index is 0.0519. The minimum Gasteiger partial charge on any atom is -0.332 e. The molecule has 0 saturated heterocycles. The van der Waals surface area contributed by atoms with E-state index in [9.17, 15) is 4.79 Å². The summed E-state index contributed by atoms with van der Waals surface area (Å²) in [6.07, 6.45) is 0. The highest BCUT2D eigenvalue weighted by molar-refractivity contribution is 5.95. The number of para-hydroxylation sites is 3. The molecule has 3 aromatic rings. The van der Waals surface area contributed by atoms with Gasteiger partial charge in [0.25, 0.3) is 0 Å². The van der Waals surface area contributed by atoms with E-state index in [1.54, 1.807) is 0 Å². The first kappa shape index (κ1) is 14.9. The Bertz CT molecular complexity index is 703. The number of hydrogen-bond acceptors (Lipinski definition) is 2. The molecule has 0 spiro atoms. The standard InChI is InChI=1S/C20H18N2O/c23-20(21-17-10-4-1-5-11-17)16-22(18-12-6-2-7-13-18)19-14-8-3-9-15-19/h1-15H,16H2,(H,21,23). The van der Waals surface area contributed by atoms with Crippen LogP contribution in [0.3, 0.4) is 0 Å². The summed E-state index contributed by atoms with van der Waals surface area (Å²) in [5, 5.41) is 2.93. The molecule has 3 aromatic carbocycles. The third-order valence-electron chi connectivity index (χ3n) is 3.50. The Balaban J connectivity index is 1.81. The molecule has 0 aromatic heterocycles. The minimum atomic E-state index is -0.0519. The second kappa shape index (κ2) is 7.27. The fraction of sp³-hybridized carbons (Fsp3) is 0.0500. The molecule has 23 heavy (non-hydrogen) atoms. The summed E-state index contributed by atoms with van der Waals surface area (Å²) in [5.74, 6) is -0.0519. The second-order valence-corrected chi connectivity index (χ2v) is 5.17. The molecule has 3 rings (SSSR count). The number of nitrogens with zero attached hydrogens (tertiary/aromatic N) is 1. The van der Waals surface area contributed by atoms with Crippen molar-refractivity contribution in [2.24, 2.45) is 0 Å². The van der Waals surface area contributed by atoms with Crippen LogP contribution in [0.2, 0.25) is 0 Å². The zero-order chi connectivity index (χ0) is 15.9. The lowest BCUT2D eigenvalue weighted by Crippen LogP contribution is -2.29. The molecule has 0 atom stereocenters. The van der Waals surface area contributed by atoms with Crippen LogP contribution in [0.4, 0.5) is 17.1 Å². The van der Waals surface area contributed by atoms with E-state index in [2.05, 4.69) is 5.32 Å². The predicted octanol–water partition coefficient (Wildman–Crippen LogP) is 4.46. The summed E-state index contributed by atoms with van der Waals surface area (Å²) in [7, 11) is 0. The Morgan fingerprint density at radius 2 is 1.13 bits per heavy atom. The monoisotopic (exact) mass is 302 g/mol. The van der Waals surface area contributed by atoms with Crippen LogP contribution in [0.5, 0.6) is 0 Å². The van der Waals surface area contributed by atoms with Crippen molar-refractivity contribution < 1.29 is 4.79 Å². The van der Waals surface area contributed by atoms with Gasteiger partial charge in [-0.1, -0.05) is 54.6 Å². The zero-order valence-corrected chi connectivity index (χ0v) is 12.7. The lowest BCUT2D eigenvalue weighted by Gasteiger charge is -2.24. The van der Waals surface area contributed by atoms with Gasteiger partial charge in [-0.3, -0.25) is 4.79 Å². The van der Waals surface area contributed by atoms with Crippen LogP contribution in [0.1, 0.15) is 0 Å². The van der Waals surface area contributed by atoms with Crippen LogP contribution in [-0.4, -0.2) is 12.5 Å². The molecule has 1 amide bonds. The number of carbonyl (C=O) groups excluding carboxylic acids is 1. The summed E-state index contributed by atoms with van der Waals surface area (Å²) in [6.45, 7) is 0.253. The van der Waals surface area contributed by atoms with E-state index in [0.717, 1.165) is 17.1 Å². The first-order valence-corrected chi connectivity index (χ1v) is 7.55. The molecule has 0 aliphatic carbocycles. The van der Waals surface area contributed by atoms with Crippen LogP contribution in [0.15, 0.2) is 91.0 Å². The van der Waals surface area contributed by atoms with Crippen molar-refractivity contribution in [3.8, 4) is 0 Å². The smallest absolute Gasteiger partial charge is 0.244 e. The highest BCUT2D eigenvalue weighted by Gasteiger charge is 2.13. The number of rotatable bonds is 5. The molecule has 3 nitrogen and oxygen atoms in total. The molecule has 0 radical (unpaired) electrons. The number of benzene rings is 3. The van der Waals surface area contributed by atoms with Crippen molar-refractivity contribution in [3.05, 3.63) is 91.0 Å². The number of hydrogen-bond donors (Lipinski definition) is 1. The van der Waals surface area contributed by atoms with Gasteiger partial charge in [-0.15, -0.1) is 0 Å². The highest BCUT2D eigenvalue weighted by atomic mass is 16.2. The van der Waals surface area contributed by atoms with Gasteiger partial charge in [-0.05, 0) is 36.4 Å². The molecule has 1 N–H and O–H groups in total. The van der Waals surface area contributed by atoms with Gasteiger partial charge in [0.2, 0.25) is 5.91 Å². The third kappa shape index (κ3) is 3.98. The Labute approximate surface area is 136 Å². The third-order valence-corrected chi connectivity index (χ3v) is 3.50. The molecular formula is C20H18N2O. The van der Waals surface area contributed by atoms with Gasteiger partial charge in [-0.25, -0.2) is 0 Å². The van der Waals surface area contributed by atoms with E-state index >= 15 is 0 Å². The molecule has 0 bridgehead atoms. The van der Waals surface area contributed by atoms with Gasteiger partial charge in [-0.2, -0.15) is 0 Å². The summed E-state index contributed by atoms with van der Waals surface area (Å²) in [5.41, 5.74) is 2.78. The fourth-order valence-corrected chi connectivity index (χ4v) is 2.41. The van der Waals surface area contributed by atoms with Gasteiger partial charge in [0.1, 0.15) is 6.54 Å². The maximum atomic E-state index is 12.4. The summed E-state index contributed by atoms with van der Waals surface area (Å²) < 4.78 is 0. The molecule has 0 unspecified atom stereocenters. The topological polar surface area (TPSA) is 32.3 Å². The molecule has 114 valence electrons. The van der Waals surface area contributed by atoms with Gasteiger partial charge in [0.05, 0.1) is 0 Å². The summed E-state index contributed by atoms with van der Waals surface area (Å²) in [4.78, 5) is 14.4.